The molecule has 0 saturated heterocycles. The molecule has 3 aromatic heterocycles. The monoisotopic (exact) mass is 487 g/mol. The molecule has 4 heterocycles. The van der Waals surface area contributed by atoms with Gasteiger partial charge in [-0.25, -0.2) is 15.0 Å². The number of ether oxygens (including phenoxy) is 1. The summed E-state index contributed by atoms with van der Waals surface area (Å²) in [7, 11) is 0. The lowest BCUT2D eigenvalue weighted by atomic mass is 9.85. The molecule has 1 atom stereocenters. The molecule has 0 radical (unpaired) electrons. The first-order chi connectivity index (χ1) is 17.0. The van der Waals surface area contributed by atoms with Crippen molar-refractivity contribution < 1.29 is 4.74 Å². The minimum absolute atomic E-state index is 0.354. The highest BCUT2D eigenvalue weighted by Gasteiger charge is 2.27. The fraction of sp³-hybridized carbons (Fsp3) is 0.385. The third-order valence-corrected chi connectivity index (χ3v) is 7.98. The molecule has 4 aromatic rings. The van der Waals surface area contributed by atoms with Gasteiger partial charge in [0.15, 0.2) is 5.13 Å². The van der Waals surface area contributed by atoms with Crippen molar-refractivity contribution in [1.82, 2.24) is 19.9 Å². The Morgan fingerprint density at radius 2 is 2.03 bits per heavy atom. The number of rotatable bonds is 3. The minimum atomic E-state index is 0.354. The quantitative estimate of drug-likeness (QED) is 0.433. The first-order valence-electron chi connectivity index (χ1n) is 12.2. The molecule has 1 aliphatic carbocycles. The number of nitrogen functional groups attached to an aromatic ring is 2. The number of benzene rings is 1. The normalized spacial score (nSPS) is 17.5. The van der Waals surface area contributed by atoms with E-state index in [2.05, 4.69) is 51.9 Å². The fourth-order valence-electron chi connectivity index (χ4n) is 5.35. The minimum Gasteiger partial charge on any atom is -0.491 e. The van der Waals surface area contributed by atoms with Crippen molar-refractivity contribution in [3.05, 3.63) is 46.8 Å². The zero-order valence-electron chi connectivity index (χ0n) is 20.0. The summed E-state index contributed by atoms with van der Waals surface area (Å²) in [5.74, 6) is 2.93. The first-order valence-corrected chi connectivity index (χ1v) is 13.0. The van der Waals surface area contributed by atoms with Gasteiger partial charge in [0.05, 0.1) is 12.2 Å². The van der Waals surface area contributed by atoms with Crippen LogP contribution in [-0.4, -0.2) is 33.1 Å². The van der Waals surface area contributed by atoms with Gasteiger partial charge in [0.1, 0.15) is 28.5 Å². The molecule has 35 heavy (non-hydrogen) atoms. The maximum atomic E-state index is 6.25. The highest BCUT2D eigenvalue weighted by atomic mass is 32.1. The van der Waals surface area contributed by atoms with E-state index in [4.69, 9.17) is 21.2 Å². The Bertz CT molecular complexity index is 1430. The molecule has 0 saturated carbocycles. The van der Waals surface area contributed by atoms with Crippen LogP contribution in [-0.2, 0) is 19.4 Å². The molecule has 0 unspecified atom stereocenters. The van der Waals surface area contributed by atoms with Gasteiger partial charge in [-0.3, -0.25) is 0 Å². The van der Waals surface area contributed by atoms with E-state index in [-0.39, 0.29) is 0 Å². The zero-order valence-corrected chi connectivity index (χ0v) is 20.9. The number of hydrogen-bond donors (Lipinski definition) is 2. The lowest BCUT2D eigenvalue weighted by Crippen LogP contribution is -2.30. The highest BCUT2D eigenvalue weighted by Crippen LogP contribution is 2.37. The van der Waals surface area contributed by atoms with E-state index in [1.165, 1.54) is 29.7 Å². The maximum Gasteiger partial charge on any atom is 0.222 e. The van der Waals surface area contributed by atoms with Gasteiger partial charge >= 0.3 is 0 Å². The second-order valence-corrected chi connectivity index (χ2v) is 10.5. The predicted octanol–water partition coefficient (Wildman–Crippen LogP) is 4.54. The van der Waals surface area contributed by atoms with E-state index < -0.39 is 0 Å². The van der Waals surface area contributed by atoms with Crippen LogP contribution >= 0.6 is 11.3 Å². The molecule has 6 rings (SSSR count). The highest BCUT2D eigenvalue weighted by molar-refractivity contribution is 7.21. The van der Waals surface area contributed by atoms with E-state index in [0.717, 1.165) is 69.2 Å². The number of aryl methyl sites for hydroxylation is 1. The Kier molecular flexibility index (Phi) is 5.44. The fourth-order valence-corrected chi connectivity index (χ4v) is 6.01. The molecule has 2 aliphatic rings. The number of pyridine rings is 1. The summed E-state index contributed by atoms with van der Waals surface area (Å²) < 4.78 is 6.25. The van der Waals surface area contributed by atoms with Crippen molar-refractivity contribution in [3.8, 4) is 16.9 Å². The molecule has 180 valence electrons. The summed E-state index contributed by atoms with van der Waals surface area (Å²) in [6, 6.07) is 6.41. The third-order valence-electron chi connectivity index (χ3n) is 7.17. The summed E-state index contributed by atoms with van der Waals surface area (Å²) in [6.45, 7) is 6.38. The lowest BCUT2D eigenvalue weighted by molar-refractivity contribution is 0.329. The van der Waals surface area contributed by atoms with Crippen LogP contribution in [0.3, 0.4) is 0 Å². The van der Waals surface area contributed by atoms with Gasteiger partial charge in [0.25, 0.3) is 0 Å². The molecule has 0 bridgehead atoms. The van der Waals surface area contributed by atoms with Crippen molar-refractivity contribution in [2.24, 2.45) is 5.92 Å². The average Bonchev–Trinajstić information content (AvgIpc) is 3.08. The van der Waals surface area contributed by atoms with Crippen molar-refractivity contribution in [2.45, 2.75) is 46.1 Å². The van der Waals surface area contributed by atoms with Crippen LogP contribution in [0.15, 0.2) is 24.4 Å². The topological polar surface area (TPSA) is 116 Å². The number of thiazole rings is 1. The SMILES string of the molecule is CC[C@H]1CCc2c(nc(N)nc2N2CCOc3c(C)cc(-c4cnc5sc(N)nc5c4)cc3C2)C1. The van der Waals surface area contributed by atoms with Gasteiger partial charge in [-0.2, -0.15) is 4.98 Å². The summed E-state index contributed by atoms with van der Waals surface area (Å²) in [5, 5.41) is 0.532. The molecule has 0 amide bonds. The molecule has 1 aliphatic heterocycles. The van der Waals surface area contributed by atoms with Crippen LogP contribution in [0.5, 0.6) is 5.75 Å². The summed E-state index contributed by atoms with van der Waals surface area (Å²) in [4.78, 5) is 21.5. The standard InChI is InChI=1S/C26H29N7OS/c1-3-15-4-5-19-20(9-15)30-25(27)32-23(19)33-6-7-34-22-14(2)8-16(10-18(22)13-33)17-11-21-24(29-12-17)35-26(28)31-21/h8,10-12,15H,3-7,9,13H2,1-2H3,(H2,28,31)(H2,27,30,32)/t15-/m0/s1. The smallest absolute Gasteiger partial charge is 0.222 e. The van der Waals surface area contributed by atoms with Gasteiger partial charge in [0.2, 0.25) is 5.95 Å². The summed E-state index contributed by atoms with van der Waals surface area (Å²) in [5.41, 5.74) is 19.6. The maximum absolute atomic E-state index is 6.25. The molecule has 9 heteroatoms. The Morgan fingerprint density at radius 3 is 2.89 bits per heavy atom. The van der Waals surface area contributed by atoms with E-state index in [0.29, 0.717) is 30.1 Å². The van der Waals surface area contributed by atoms with Crippen LogP contribution in [0.1, 0.15) is 42.1 Å². The van der Waals surface area contributed by atoms with Gasteiger partial charge in [-0.1, -0.05) is 24.7 Å². The number of nitrogens with two attached hydrogens (primary N) is 2. The van der Waals surface area contributed by atoms with Crippen LogP contribution in [0, 0.1) is 12.8 Å². The van der Waals surface area contributed by atoms with Crippen LogP contribution in [0.4, 0.5) is 16.9 Å². The van der Waals surface area contributed by atoms with Crippen molar-refractivity contribution in [2.75, 3.05) is 29.5 Å². The molecule has 8 nitrogen and oxygen atoms in total. The molecule has 0 spiro atoms. The number of nitrogens with zero attached hydrogens (tertiary/aromatic N) is 5. The Balaban J connectivity index is 1.38. The van der Waals surface area contributed by atoms with Gasteiger partial charge in [-0.15, -0.1) is 0 Å². The van der Waals surface area contributed by atoms with Gasteiger partial charge in [-0.05, 0) is 61.4 Å². The number of hydrogen-bond acceptors (Lipinski definition) is 9. The van der Waals surface area contributed by atoms with E-state index in [1.807, 2.05) is 6.20 Å². The third kappa shape index (κ3) is 4.03. The Morgan fingerprint density at radius 1 is 1.14 bits per heavy atom. The van der Waals surface area contributed by atoms with Crippen LogP contribution < -0.4 is 21.1 Å². The largest absolute Gasteiger partial charge is 0.491 e. The molecule has 4 N–H and O–H groups in total. The predicted molar refractivity (Wildman–Crippen MR) is 141 cm³/mol. The Hall–Kier alpha value is -3.46. The molecular weight excluding hydrogens is 458 g/mol. The number of fused-ring (bicyclic) bond motifs is 3. The zero-order chi connectivity index (χ0) is 24.1. The van der Waals surface area contributed by atoms with Crippen molar-refractivity contribution >= 4 is 38.6 Å². The van der Waals surface area contributed by atoms with Crippen molar-refractivity contribution in [1.29, 1.82) is 0 Å². The van der Waals surface area contributed by atoms with Crippen LogP contribution in [0.25, 0.3) is 21.5 Å². The van der Waals surface area contributed by atoms with E-state index in [1.54, 1.807) is 0 Å². The second-order valence-electron chi connectivity index (χ2n) is 9.50. The van der Waals surface area contributed by atoms with Crippen LogP contribution in [0.2, 0.25) is 0 Å². The van der Waals surface area contributed by atoms with E-state index >= 15 is 0 Å². The summed E-state index contributed by atoms with van der Waals surface area (Å²) >= 11 is 1.40. The average molecular weight is 488 g/mol. The first kappa shape index (κ1) is 22.0. The molecule has 0 fully saturated rings. The van der Waals surface area contributed by atoms with Crippen molar-refractivity contribution in [3.63, 3.8) is 0 Å². The van der Waals surface area contributed by atoms with E-state index in [9.17, 15) is 0 Å². The molecule has 1 aromatic carbocycles. The van der Waals surface area contributed by atoms with Gasteiger partial charge < -0.3 is 21.1 Å². The Labute approximate surface area is 208 Å². The molecular formula is C26H29N7OS. The number of aromatic nitrogens is 4. The van der Waals surface area contributed by atoms with Gasteiger partial charge in [0, 0.05) is 29.4 Å². The lowest BCUT2D eigenvalue weighted by Gasteiger charge is -2.29. The second kappa shape index (κ2) is 8.64. The summed E-state index contributed by atoms with van der Waals surface area (Å²) in [6.07, 6.45) is 6.20. The number of anilines is 3.